The summed E-state index contributed by atoms with van der Waals surface area (Å²) in [5, 5.41) is 3.13. The molecule has 0 aliphatic heterocycles. The Balaban J connectivity index is 2.31. The van der Waals surface area contributed by atoms with Crippen LogP contribution in [0.5, 0.6) is 5.75 Å². The highest BCUT2D eigenvalue weighted by Gasteiger charge is 1.96. The SMILES string of the molecule is CNCCCCOc1cc(C)cc(C)c1. The molecule has 2 nitrogen and oxygen atoms in total. The van der Waals surface area contributed by atoms with Crippen molar-refractivity contribution in [2.75, 3.05) is 20.2 Å². The molecule has 0 bridgehead atoms. The first-order chi connectivity index (χ1) is 7.22. The Morgan fingerprint density at radius 1 is 1.07 bits per heavy atom. The molecule has 0 aromatic heterocycles. The molecule has 0 heterocycles. The van der Waals surface area contributed by atoms with Crippen molar-refractivity contribution in [1.29, 1.82) is 0 Å². The van der Waals surface area contributed by atoms with Gasteiger partial charge in [0, 0.05) is 0 Å². The van der Waals surface area contributed by atoms with Crippen LogP contribution < -0.4 is 10.1 Å². The summed E-state index contributed by atoms with van der Waals surface area (Å²) in [6.45, 7) is 6.07. The van der Waals surface area contributed by atoms with Crippen molar-refractivity contribution in [3.8, 4) is 5.75 Å². The average molecular weight is 207 g/mol. The Bertz CT molecular complexity index is 276. The molecular weight excluding hydrogens is 186 g/mol. The van der Waals surface area contributed by atoms with Gasteiger partial charge in [-0.05, 0) is 63.5 Å². The Morgan fingerprint density at radius 2 is 1.73 bits per heavy atom. The monoisotopic (exact) mass is 207 g/mol. The lowest BCUT2D eigenvalue weighted by Crippen LogP contribution is -2.09. The first-order valence-corrected chi connectivity index (χ1v) is 5.58. The summed E-state index contributed by atoms with van der Waals surface area (Å²) in [5.41, 5.74) is 2.53. The van der Waals surface area contributed by atoms with Gasteiger partial charge in [-0.25, -0.2) is 0 Å². The van der Waals surface area contributed by atoms with Gasteiger partial charge in [0.1, 0.15) is 5.75 Å². The van der Waals surface area contributed by atoms with Crippen LogP contribution in [0.3, 0.4) is 0 Å². The molecule has 0 saturated heterocycles. The molecular formula is C13H21NO. The van der Waals surface area contributed by atoms with Gasteiger partial charge in [0.05, 0.1) is 6.61 Å². The number of hydrogen-bond donors (Lipinski definition) is 1. The highest BCUT2D eigenvalue weighted by atomic mass is 16.5. The van der Waals surface area contributed by atoms with Crippen molar-refractivity contribution >= 4 is 0 Å². The minimum Gasteiger partial charge on any atom is -0.494 e. The molecule has 1 rings (SSSR count). The molecule has 1 aromatic rings. The van der Waals surface area contributed by atoms with Crippen LogP contribution in [0.1, 0.15) is 24.0 Å². The minimum atomic E-state index is 0.810. The van der Waals surface area contributed by atoms with Gasteiger partial charge in [-0.3, -0.25) is 0 Å². The quantitative estimate of drug-likeness (QED) is 0.724. The zero-order valence-corrected chi connectivity index (χ0v) is 9.97. The number of hydrogen-bond acceptors (Lipinski definition) is 2. The Hall–Kier alpha value is -1.02. The summed E-state index contributed by atoms with van der Waals surface area (Å²) < 4.78 is 5.69. The van der Waals surface area contributed by atoms with Crippen molar-refractivity contribution in [2.45, 2.75) is 26.7 Å². The maximum absolute atomic E-state index is 5.69. The third-order valence-corrected chi connectivity index (χ3v) is 2.29. The summed E-state index contributed by atoms with van der Waals surface area (Å²) in [5.74, 6) is 0.997. The van der Waals surface area contributed by atoms with Gasteiger partial charge in [-0.15, -0.1) is 0 Å². The van der Waals surface area contributed by atoms with Crippen LogP contribution in [0.15, 0.2) is 18.2 Å². The maximum atomic E-state index is 5.69. The van der Waals surface area contributed by atoms with Crippen molar-refractivity contribution in [1.82, 2.24) is 5.32 Å². The van der Waals surface area contributed by atoms with E-state index in [2.05, 4.69) is 37.4 Å². The third-order valence-electron chi connectivity index (χ3n) is 2.29. The number of rotatable bonds is 6. The lowest BCUT2D eigenvalue weighted by Gasteiger charge is -2.07. The molecule has 1 N–H and O–H groups in total. The molecule has 84 valence electrons. The van der Waals surface area contributed by atoms with Crippen LogP contribution in [0.25, 0.3) is 0 Å². The van der Waals surface area contributed by atoms with E-state index >= 15 is 0 Å². The van der Waals surface area contributed by atoms with Gasteiger partial charge in [0.25, 0.3) is 0 Å². The van der Waals surface area contributed by atoms with Gasteiger partial charge in [-0.2, -0.15) is 0 Å². The van der Waals surface area contributed by atoms with Crippen molar-refractivity contribution in [3.63, 3.8) is 0 Å². The second-order valence-corrected chi connectivity index (χ2v) is 3.98. The fourth-order valence-electron chi connectivity index (χ4n) is 1.61. The van der Waals surface area contributed by atoms with E-state index in [4.69, 9.17) is 4.74 Å². The van der Waals surface area contributed by atoms with Crippen LogP contribution in [-0.4, -0.2) is 20.2 Å². The van der Waals surface area contributed by atoms with E-state index in [1.807, 2.05) is 7.05 Å². The molecule has 15 heavy (non-hydrogen) atoms. The molecule has 0 atom stereocenters. The molecule has 1 aromatic carbocycles. The molecule has 0 fully saturated rings. The normalized spacial score (nSPS) is 10.3. The molecule has 0 radical (unpaired) electrons. The van der Waals surface area contributed by atoms with Crippen LogP contribution in [-0.2, 0) is 0 Å². The first kappa shape index (κ1) is 12.1. The highest BCUT2D eigenvalue weighted by molar-refractivity contribution is 5.32. The standard InChI is InChI=1S/C13H21NO/c1-11-8-12(2)10-13(9-11)15-7-5-4-6-14-3/h8-10,14H,4-7H2,1-3H3. The van der Waals surface area contributed by atoms with Gasteiger partial charge in [-0.1, -0.05) is 6.07 Å². The predicted molar refractivity (Wildman–Crippen MR) is 64.6 cm³/mol. The zero-order valence-electron chi connectivity index (χ0n) is 9.97. The molecule has 0 aliphatic carbocycles. The molecule has 0 unspecified atom stereocenters. The second kappa shape index (κ2) is 6.46. The number of benzene rings is 1. The van der Waals surface area contributed by atoms with Crippen LogP contribution in [0.2, 0.25) is 0 Å². The Morgan fingerprint density at radius 3 is 2.33 bits per heavy atom. The predicted octanol–water partition coefficient (Wildman–Crippen LogP) is 2.68. The number of nitrogens with one attached hydrogen (secondary N) is 1. The number of ether oxygens (including phenoxy) is 1. The van der Waals surface area contributed by atoms with Gasteiger partial charge in [0.15, 0.2) is 0 Å². The van der Waals surface area contributed by atoms with Crippen molar-refractivity contribution < 1.29 is 4.74 Å². The molecule has 0 aliphatic rings. The van der Waals surface area contributed by atoms with Gasteiger partial charge in [0.2, 0.25) is 0 Å². The summed E-state index contributed by atoms with van der Waals surface area (Å²) >= 11 is 0. The number of unbranched alkanes of at least 4 members (excludes halogenated alkanes) is 1. The van der Waals surface area contributed by atoms with Crippen LogP contribution in [0.4, 0.5) is 0 Å². The molecule has 0 spiro atoms. The van der Waals surface area contributed by atoms with Crippen LogP contribution in [0, 0.1) is 13.8 Å². The number of aryl methyl sites for hydroxylation is 2. The van der Waals surface area contributed by atoms with E-state index in [1.165, 1.54) is 17.5 Å². The van der Waals surface area contributed by atoms with Crippen molar-refractivity contribution in [2.24, 2.45) is 0 Å². The van der Waals surface area contributed by atoms with E-state index in [-0.39, 0.29) is 0 Å². The van der Waals surface area contributed by atoms with Crippen molar-refractivity contribution in [3.05, 3.63) is 29.3 Å². The summed E-state index contributed by atoms with van der Waals surface area (Å²) in [4.78, 5) is 0. The van der Waals surface area contributed by atoms with Gasteiger partial charge < -0.3 is 10.1 Å². The van der Waals surface area contributed by atoms with E-state index < -0.39 is 0 Å². The first-order valence-electron chi connectivity index (χ1n) is 5.58. The summed E-state index contributed by atoms with van der Waals surface area (Å²) in [6.07, 6.45) is 2.27. The molecule has 2 heteroatoms. The second-order valence-electron chi connectivity index (χ2n) is 3.98. The Kier molecular flexibility index (Phi) is 5.19. The van der Waals surface area contributed by atoms with E-state index in [0.717, 1.165) is 25.3 Å². The third kappa shape index (κ3) is 4.84. The largest absolute Gasteiger partial charge is 0.494 e. The van der Waals surface area contributed by atoms with Gasteiger partial charge >= 0.3 is 0 Å². The van der Waals surface area contributed by atoms with E-state index in [1.54, 1.807) is 0 Å². The minimum absolute atomic E-state index is 0.810. The van der Waals surface area contributed by atoms with Crippen LogP contribution >= 0.6 is 0 Å². The Labute approximate surface area is 92.6 Å². The lowest BCUT2D eigenvalue weighted by atomic mass is 10.1. The lowest BCUT2D eigenvalue weighted by molar-refractivity contribution is 0.306. The maximum Gasteiger partial charge on any atom is 0.119 e. The average Bonchev–Trinajstić information content (AvgIpc) is 2.16. The fourth-order valence-corrected chi connectivity index (χ4v) is 1.61. The smallest absolute Gasteiger partial charge is 0.119 e. The zero-order chi connectivity index (χ0) is 11.1. The summed E-state index contributed by atoms with van der Waals surface area (Å²) in [6, 6.07) is 6.34. The highest BCUT2D eigenvalue weighted by Crippen LogP contribution is 2.16. The molecule has 0 amide bonds. The van der Waals surface area contributed by atoms with E-state index in [9.17, 15) is 0 Å². The fraction of sp³-hybridized carbons (Fsp3) is 0.538. The molecule has 0 saturated carbocycles. The topological polar surface area (TPSA) is 21.3 Å². The summed E-state index contributed by atoms with van der Waals surface area (Å²) in [7, 11) is 1.98. The van der Waals surface area contributed by atoms with E-state index in [0.29, 0.717) is 0 Å².